The zero-order valence-electron chi connectivity index (χ0n) is 10.8. The summed E-state index contributed by atoms with van der Waals surface area (Å²) in [7, 11) is 0. The molecule has 3 rings (SSSR count). The van der Waals surface area contributed by atoms with Crippen LogP contribution < -0.4 is 10.6 Å². The molecular weight excluding hydrogens is 224 g/mol. The van der Waals surface area contributed by atoms with Gasteiger partial charge in [-0.3, -0.25) is 0 Å². The Morgan fingerprint density at radius 1 is 1.11 bits per heavy atom. The highest BCUT2D eigenvalue weighted by atomic mass is 16.3. The highest BCUT2D eigenvalue weighted by Gasteiger charge is 2.33. The monoisotopic (exact) mass is 246 g/mol. The number of nitrogens with zero attached hydrogens (tertiary/aromatic N) is 1. The number of para-hydroxylation sites is 1. The quantitative estimate of drug-likeness (QED) is 0.798. The maximum atomic E-state index is 10.2. The molecule has 0 bridgehead atoms. The van der Waals surface area contributed by atoms with E-state index in [0.29, 0.717) is 0 Å². The standard InChI is InChI=1S/C15H22N2O/c16-12-6-4-10-17(14-8-3-9-15(14)18)13-7-2-1-5-11(12)13/h1-2,5,7,12,14-15,18H,3-4,6,8-10,16H2. The summed E-state index contributed by atoms with van der Waals surface area (Å²) in [5.74, 6) is 0. The van der Waals surface area contributed by atoms with Crippen molar-refractivity contribution >= 4 is 5.69 Å². The Morgan fingerprint density at radius 2 is 1.94 bits per heavy atom. The fraction of sp³-hybridized carbons (Fsp3) is 0.600. The van der Waals surface area contributed by atoms with Gasteiger partial charge in [0.1, 0.15) is 0 Å². The van der Waals surface area contributed by atoms with Crippen LogP contribution in [-0.2, 0) is 0 Å². The Balaban J connectivity index is 1.97. The second kappa shape index (κ2) is 4.90. The maximum Gasteiger partial charge on any atom is 0.0743 e. The highest BCUT2D eigenvalue weighted by Crippen LogP contribution is 2.36. The summed E-state index contributed by atoms with van der Waals surface area (Å²) in [5.41, 5.74) is 8.74. The molecule has 3 N–H and O–H groups in total. The Hall–Kier alpha value is -1.06. The van der Waals surface area contributed by atoms with E-state index in [1.807, 2.05) is 0 Å². The van der Waals surface area contributed by atoms with Gasteiger partial charge in [-0.1, -0.05) is 18.2 Å². The van der Waals surface area contributed by atoms with E-state index >= 15 is 0 Å². The molecule has 0 aromatic heterocycles. The van der Waals surface area contributed by atoms with Gasteiger partial charge >= 0.3 is 0 Å². The number of nitrogens with two attached hydrogens (primary N) is 1. The molecule has 3 nitrogen and oxygen atoms in total. The number of rotatable bonds is 1. The summed E-state index contributed by atoms with van der Waals surface area (Å²) in [5, 5.41) is 10.2. The lowest BCUT2D eigenvalue weighted by Gasteiger charge is -2.33. The molecule has 0 saturated heterocycles. The predicted molar refractivity (Wildman–Crippen MR) is 73.6 cm³/mol. The molecule has 1 aliphatic carbocycles. The van der Waals surface area contributed by atoms with Crippen molar-refractivity contribution in [2.75, 3.05) is 11.4 Å². The van der Waals surface area contributed by atoms with Crippen LogP contribution in [0.5, 0.6) is 0 Å². The normalized spacial score (nSPS) is 32.1. The lowest BCUT2D eigenvalue weighted by atomic mass is 10.0. The number of anilines is 1. The Bertz CT molecular complexity index is 421. The third-order valence-corrected chi connectivity index (χ3v) is 4.40. The van der Waals surface area contributed by atoms with Crippen LogP contribution in [0, 0.1) is 0 Å². The number of fused-ring (bicyclic) bond motifs is 1. The predicted octanol–water partition coefficient (Wildman–Crippen LogP) is 2.20. The minimum absolute atomic E-state index is 0.143. The summed E-state index contributed by atoms with van der Waals surface area (Å²) in [6.45, 7) is 1.02. The number of benzene rings is 1. The first-order chi connectivity index (χ1) is 8.77. The van der Waals surface area contributed by atoms with Crippen molar-refractivity contribution in [2.45, 2.75) is 50.3 Å². The summed E-state index contributed by atoms with van der Waals surface area (Å²) in [4.78, 5) is 2.40. The van der Waals surface area contributed by atoms with Crippen molar-refractivity contribution in [3.8, 4) is 0 Å². The van der Waals surface area contributed by atoms with E-state index in [1.54, 1.807) is 0 Å². The number of hydrogen-bond acceptors (Lipinski definition) is 3. The van der Waals surface area contributed by atoms with Crippen molar-refractivity contribution in [2.24, 2.45) is 5.73 Å². The van der Waals surface area contributed by atoms with Gasteiger partial charge in [-0.15, -0.1) is 0 Å². The number of hydrogen-bond donors (Lipinski definition) is 2. The average molecular weight is 246 g/mol. The van der Waals surface area contributed by atoms with Gasteiger partial charge in [0.15, 0.2) is 0 Å². The van der Waals surface area contributed by atoms with Gasteiger partial charge in [0.05, 0.1) is 12.1 Å². The van der Waals surface area contributed by atoms with Crippen LogP contribution in [0.15, 0.2) is 24.3 Å². The van der Waals surface area contributed by atoms with Gasteiger partial charge in [0, 0.05) is 18.3 Å². The zero-order chi connectivity index (χ0) is 12.5. The third kappa shape index (κ3) is 2.02. The molecule has 98 valence electrons. The SMILES string of the molecule is NC1CCCN(C2CCCC2O)c2ccccc21. The molecule has 0 radical (unpaired) electrons. The largest absolute Gasteiger partial charge is 0.391 e. The van der Waals surface area contributed by atoms with Crippen molar-refractivity contribution in [1.29, 1.82) is 0 Å². The van der Waals surface area contributed by atoms with E-state index in [4.69, 9.17) is 5.73 Å². The Morgan fingerprint density at radius 3 is 2.72 bits per heavy atom. The first kappa shape index (κ1) is 12.0. The maximum absolute atomic E-state index is 10.2. The molecule has 1 heterocycles. The molecule has 2 aliphatic rings. The molecule has 1 fully saturated rings. The van der Waals surface area contributed by atoms with E-state index < -0.39 is 0 Å². The summed E-state index contributed by atoms with van der Waals surface area (Å²) in [6.07, 6.45) is 5.15. The van der Waals surface area contributed by atoms with Crippen LogP contribution in [-0.4, -0.2) is 23.8 Å². The first-order valence-electron chi connectivity index (χ1n) is 7.06. The van der Waals surface area contributed by atoms with E-state index in [0.717, 1.165) is 38.6 Å². The average Bonchev–Trinajstić information content (AvgIpc) is 2.73. The smallest absolute Gasteiger partial charge is 0.0743 e. The molecule has 1 aromatic carbocycles. The second-order valence-electron chi connectivity index (χ2n) is 5.57. The van der Waals surface area contributed by atoms with Crippen molar-refractivity contribution in [3.05, 3.63) is 29.8 Å². The van der Waals surface area contributed by atoms with Gasteiger partial charge in [0.25, 0.3) is 0 Å². The van der Waals surface area contributed by atoms with E-state index in [-0.39, 0.29) is 18.2 Å². The molecule has 3 unspecified atom stereocenters. The molecule has 0 amide bonds. The van der Waals surface area contributed by atoms with Crippen LogP contribution in [0.25, 0.3) is 0 Å². The van der Waals surface area contributed by atoms with Crippen LogP contribution >= 0.6 is 0 Å². The summed E-state index contributed by atoms with van der Waals surface area (Å²) < 4.78 is 0. The van der Waals surface area contributed by atoms with Crippen molar-refractivity contribution < 1.29 is 5.11 Å². The zero-order valence-corrected chi connectivity index (χ0v) is 10.8. The number of aliphatic hydroxyl groups is 1. The number of aliphatic hydroxyl groups excluding tert-OH is 1. The summed E-state index contributed by atoms with van der Waals surface area (Å²) in [6, 6.07) is 8.87. The molecule has 0 spiro atoms. The molecule has 1 aliphatic heterocycles. The fourth-order valence-corrected chi connectivity index (χ4v) is 3.45. The van der Waals surface area contributed by atoms with Gasteiger partial charge < -0.3 is 15.7 Å². The molecule has 18 heavy (non-hydrogen) atoms. The van der Waals surface area contributed by atoms with Crippen LogP contribution in [0.4, 0.5) is 5.69 Å². The van der Waals surface area contributed by atoms with Crippen LogP contribution in [0.1, 0.15) is 43.7 Å². The second-order valence-corrected chi connectivity index (χ2v) is 5.57. The van der Waals surface area contributed by atoms with Crippen molar-refractivity contribution in [1.82, 2.24) is 0 Å². The lowest BCUT2D eigenvalue weighted by molar-refractivity contribution is 0.161. The van der Waals surface area contributed by atoms with Gasteiger partial charge in [0.2, 0.25) is 0 Å². The van der Waals surface area contributed by atoms with Gasteiger partial charge in [-0.05, 0) is 43.7 Å². The molecule has 1 aromatic rings. The van der Waals surface area contributed by atoms with Crippen LogP contribution in [0.2, 0.25) is 0 Å². The minimum atomic E-state index is -0.174. The molecule has 3 atom stereocenters. The fourth-order valence-electron chi connectivity index (χ4n) is 3.45. The molecule has 1 saturated carbocycles. The summed E-state index contributed by atoms with van der Waals surface area (Å²) >= 11 is 0. The van der Waals surface area contributed by atoms with Crippen LogP contribution in [0.3, 0.4) is 0 Å². The molecule has 3 heteroatoms. The lowest BCUT2D eigenvalue weighted by Crippen LogP contribution is -2.41. The van der Waals surface area contributed by atoms with E-state index in [9.17, 15) is 5.11 Å². The molecular formula is C15H22N2O. The van der Waals surface area contributed by atoms with Gasteiger partial charge in [-0.2, -0.15) is 0 Å². The Kier molecular flexibility index (Phi) is 3.27. The third-order valence-electron chi connectivity index (χ3n) is 4.40. The van der Waals surface area contributed by atoms with E-state index in [1.165, 1.54) is 11.3 Å². The van der Waals surface area contributed by atoms with Crippen molar-refractivity contribution in [3.63, 3.8) is 0 Å². The first-order valence-corrected chi connectivity index (χ1v) is 7.06. The Labute approximate surface area is 109 Å². The van der Waals surface area contributed by atoms with Gasteiger partial charge in [-0.25, -0.2) is 0 Å². The highest BCUT2D eigenvalue weighted by molar-refractivity contribution is 5.56. The topological polar surface area (TPSA) is 49.5 Å². The van der Waals surface area contributed by atoms with E-state index in [2.05, 4.69) is 29.2 Å². The minimum Gasteiger partial charge on any atom is -0.391 e.